The van der Waals surface area contributed by atoms with Crippen LogP contribution in [0.1, 0.15) is 13.8 Å². The van der Waals surface area contributed by atoms with Crippen LogP contribution >= 0.6 is 0 Å². The lowest BCUT2D eigenvalue weighted by molar-refractivity contribution is 0.0944. The van der Waals surface area contributed by atoms with Crippen molar-refractivity contribution < 1.29 is 18.3 Å². The van der Waals surface area contributed by atoms with Crippen LogP contribution in [0.5, 0.6) is 0 Å². The standard InChI is InChI=1S/C10H12F3NO/c1-10(2,15)5-14-9-4-7(12)6(11)3-8(9)13/h3-4,14-15H,5H2,1-2H3. The zero-order valence-corrected chi connectivity index (χ0v) is 8.44. The van der Waals surface area contributed by atoms with Gasteiger partial charge in [0, 0.05) is 18.7 Å². The van der Waals surface area contributed by atoms with Gasteiger partial charge >= 0.3 is 0 Å². The van der Waals surface area contributed by atoms with Crippen molar-refractivity contribution in [3.8, 4) is 0 Å². The number of aliphatic hydroxyl groups is 1. The normalized spacial score (nSPS) is 11.6. The predicted molar refractivity (Wildman–Crippen MR) is 51.1 cm³/mol. The molecule has 1 rings (SSSR count). The molecule has 2 nitrogen and oxygen atoms in total. The van der Waals surface area contributed by atoms with Gasteiger partial charge in [-0.1, -0.05) is 0 Å². The van der Waals surface area contributed by atoms with Crippen LogP contribution in [0.25, 0.3) is 0 Å². The summed E-state index contributed by atoms with van der Waals surface area (Å²) in [5.41, 5.74) is -1.23. The highest BCUT2D eigenvalue weighted by Crippen LogP contribution is 2.19. The van der Waals surface area contributed by atoms with Gasteiger partial charge in [-0.25, -0.2) is 13.2 Å². The zero-order chi connectivity index (χ0) is 11.6. The highest BCUT2D eigenvalue weighted by atomic mass is 19.2. The third-order valence-electron chi connectivity index (χ3n) is 1.72. The molecule has 5 heteroatoms. The fraction of sp³-hybridized carbons (Fsp3) is 0.400. The molecule has 0 fully saturated rings. The molecule has 2 N–H and O–H groups in total. The molecular formula is C10H12F3NO. The lowest BCUT2D eigenvalue weighted by Gasteiger charge is -2.18. The van der Waals surface area contributed by atoms with Gasteiger partial charge in [0.25, 0.3) is 0 Å². The molecule has 0 aliphatic rings. The lowest BCUT2D eigenvalue weighted by Crippen LogP contribution is -2.29. The van der Waals surface area contributed by atoms with Crippen LogP contribution in [0, 0.1) is 17.5 Å². The molecule has 0 unspecified atom stereocenters. The number of benzene rings is 1. The first-order chi connectivity index (χ1) is 6.79. The lowest BCUT2D eigenvalue weighted by atomic mass is 10.1. The summed E-state index contributed by atoms with van der Waals surface area (Å²) in [5, 5.41) is 11.8. The second kappa shape index (κ2) is 4.10. The van der Waals surface area contributed by atoms with Crippen LogP contribution in [0.15, 0.2) is 12.1 Å². The number of nitrogens with one attached hydrogen (secondary N) is 1. The predicted octanol–water partition coefficient (Wildman–Crippen LogP) is 2.29. The second-order valence-electron chi connectivity index (χ2n) is 3.91. The average molecular weight is 219 g/mol. The Bertz CT molecular complexity index is 360. The molecule has 84 valence electrons. The number of halogens is 3. The molecular weight excluding hydrogens is 207 g/mol. The maximum atomic E-state index is 13.1. The molecule has 0 aliphatic heterocycles. The minimum atomic E-state index is -1.23. The van der Waals surface area contributed by atoms with Gasteiger partial charge in [0.05, 0.1) is 11.3 Å². The molecule has 0 atom stereocenters. The Labute approximate surface area is 85.7 Å². The summed E-state index contributed by atoms with van der Waals surface area (Å²) in [7, 11) is 0. The molecule has 0 spiro atoms. The number of anilines is 1. The SMILES string of the molecule is CC(C)(O)CNc1cc(F)c(F)cc1F. The number of hydrogen-bond acceptors (Lipinski definition) is 2. The van der Waals surface area contributed by atoms with E-state index in [0.717, 1.165) is 6.07 Å². The van der Waals surface area contributed by atoms with Crippen molar-refractivity contribution in [3.05, 3.63) is 29.6 Å². The van der Waals surface area contributed by atoms with Crippen molar-refractivity contribution in [2.75, 3.05) is 11.9 Å². The van der Waals surface area contributed by atoms with E-state index >= 15 is 0 Å². The van der Waals surface area contributed by atoms with Gasteiger partial charge in [0.2, 0.25) is 0 Å². The average Bonchev–Trinajstić information content (AvgIpc) is 2.07. The van der Waals surface area contributed by atoms with Gasteiger partial charge in [0.1, 0.15) is 5.82 Å². The van der Waals surface area contributed by atoms with Gasteiger partial charge in [-0.05, 0) is 13.8 Å². The molecule has 15 heavy (non-hydrogen) atoms. The molecule has 1 aromatic rings. The van der Waals surface area contributed by atoms with Gasteiger partial charge < -0.3 is 10.4 Å². The molecule has 0 heterocycles. The zero-order valence-electron chi connectivity index (χ0n) is 8.44. The molecule has 0 amide bonds. The van der Waals surface area contributed by atoms with Crippen LogP contribution in [-0.4, -0.2) is 17.3 Å². The Morgan fingerprint density at radius 3 is 2.20 bits per heavy atom. The summed E-state index contributed by atoms with van der Waals surface area (Å²) >= 11 is 0. The van der Waals surface area contributed by atoms with Crippen molar-refractivity contribution in [2.24, 2.45) is 0 Å². The van der Waals surface area contributed by atoms with Gasteiger partial charge in [-0.15, -0.1) is 0 Å². The Kier molecular flexibility index (Phi) is 3.24. The van der Waals surface area contributed by atoms with Crippen LogP contribution in [0.2, 0.25) is 0 Å². The van der Waals surface area contributed by atoms with E-state index in [9.17, 15) is 18.3 Å². The molecule has 0 aromatic heterocycles. The quantitative estimate of drug-likeness (QED) is 0.764. The van der Waals surface area contributed by atoms with E-state index in [2.05, 4.69) is 5.32 Å². The summed E-state index contributed by atoms with van der Waals surface area (Å²) in [4.78, 5) is 0. The van der Waals surface area contributed by atoms with Crippen molar-refractivity contribution in [2.45, 2.75) is 19.4 Å². The van der Waals surface area contributed by atoms with Crippen molar-refractivity contribution in [3.63, 3.8) is 0 Å². The fourth-order valence-corrected chi connectivity index (χ4v) is 0.970. The molecule has 0 aliphatic carbocycles. The molecule has 0 saturated heterocycles. The highest BCUT2D eigenvalue weighted by molar-refractivity contribution is 5.45. The Morgan fingerprint density at radius 2 is 1.67 bits per heavy atom. The van der Waals surface area contributed by atoms with Crippen molar-refractivity contribution in [1.29, 1.82) is 0 Å². The van der Waals surface area contributed by atoms with Gasteiger partial charge in [-0.3, -0.25) is 0 Å². The van der Waals surface area contributed by atoms with E-state index in [-0.39, 0.29) is 12.2 Å². The first kappa shape index (κ1) is 11.8. The molecule has 1 aromatic carbocycles. The molecule has 0 bridgehead atoms. The molecule has 0 radical (unpaired) electrons. The summed E-state index contributed by atoms with van der Waals surface area (Å²) < 4.78 is 38.3. The Hall–Kier alpha value is -1.23. The molecule has 0 saturated carbocycles. The first-order valence-corrected chi connectivity index (χ1v) is 4.40. The first-order valence-electron chi connectivity index (χ1n) is 4.40. The minimum Gasteiger partial charge on any atom is -0.389 e. The Balaban J connectivity index is 2.82. The van der Waals surface area contributed by atoms with E-state index in [4.69, 9.17) is 0 Å². The third-order valence-corrected chi connectivity index (χ3v) is 1.72. The van der Waals surface area contributed by atoms with Crippen LogP contribution in [-0.2, 0) is 0 Å². The Morgan fingerprint density at radius 1 is 1.13 bits per heavy atom. The minimum absolute atomic E-state index is 0.0367. The van der Waals surface area contributed by atoms with E-state index in [1.54, 1.807) is 0 Å². The summed E-state index contributed by atoms with van der Waals surface area (Å²) in [6.45, 7) is 3.06. The van der Waals surface area contributed by atoms with E-state index in [1.807, 2.05) is 0 Å². The third kappa shape index (κ3) is 3.43. The number of hydrogen-bond donors (Lipinski definition) is 2. The van der Waals surface area contributed by atoms with E-state index in [1.165, 1.54) is 13.8 Å². The smallest absolute Gasteiger partial charge is 0.161 e. The maximum absolute atomic E-state index is 13.1. The van der Waals surface area contributed by atoms with Gasteiger partial charge in [0.15, 0.2) is 11.6 Å². The van der Waals surface area contributed by atoms with E-state index in [0.29, 0.717) is 6.07 Å². The monoisotopic (exact) mass is 219 g/mol. The topological polar surface area (TPSA) is 32.3 Å². The largest absolute Gasteiger partial charge is 0.389 e. The van der Waals surface area contributed by atoms with Crippen LogP contribution in [0.4, 0.5) is 18.9 Å². The van der Waals surface area contributed by atoms with Crippen molar-refractivity contribution in [1.82, 2.24) is 0 Å². The van der Waals surface area contributed by atoms with Crippen LogP contribution < -0.4 is 5.32 Å². The summed E-state index contributed by atoms with van der Waals surface area (Å²) in [5.74, 6) is -3.26. The second-order valence-corrected chi connectivity index (χ2v) is 3.91. The maximum Gasteiger partial charge on any atom is 0.161 e. The fourth-order valence-electron chi connectivity index (χ4n) is 0.970. The van der Waals surface area contributed by atoms with Crippen molar-refractivity contribution >= 4 is 5.69 Å². The number of rotatable bonds is 3. The summed E-state index contributed by atoms with van der Waals surface area (Å²) in [6, 6.07) is 1.18. The highest BCUT2D eigenvalue weighted by Gasteiger charge is 2.14. The van der Waals surface area contributed by atoms with E-state index < -0.39 is 23.1 Å². The summed E-state index contributed by atoms with van der Waals surface area (Å²) in [6.07, 6.45) is 0. The van der Waals surface area contributed by atoms with Gasteiger partial charge in [-0.2, -0.15) is 0 Å². The van der Waals surface area contributed by atoms with Crippen LogP contribution in [0.3, 0.4) is 0 Å².